The Morgan fingerprint density at radius 3 is 2.30 bits per heavy atom. The van der Waals surface area contributed by atoms with Crippen LogP contribution in [0.2, 0.25) is 0 Å². The molecular formula is C22H32N2O2S. The van der Waals surface area contributed by atoms with Crippen LogP contribution in [0.1, 0.15) is 49.7 Å². The van der Waals surface area contributed by atoms with Crippen molar-refractivity contribution in [3.8, 4) is 0 Å². The van der Waals surface area contributed by atoms with Crippen LogP contribution in [0.4, 0.5) is 0 Å². The van der Waals surface area contributed by atoms with Gasteiger partial charge in [0.25, 0.3) is 0 Å². The first-order valence-corrected chi connectivity index (χ1v) is 11.3. The van der Waals surface area contributed by atoms with Gasteiger partial charge >= 0.3 is 0 Å². The van der Waals surface area contributed by atoms with Crippen LogP contribution in [-0.4, -0.2) is 53.5 Å². The Bertz CT molecular complexity index is 660. The molecule has 0 saturated carbocycles. The summed E-state index contributed by atoms with van der Waals surface area (Å²) >= 11 is 1.63. The smallest absolute Gasteiger partial charge is 0.232 e. The van der Waals surface area contributed by atoms with Crippen molar-refractivity contribution < 1.29 is 9.59 Å². The highest BCUT2D eigenvalue weighted by molar-refractivity contribution is 8.00. The van der Waals surface area contributed by atoms with Gasteiger partial charge in [0, 0.05) is 37.0 Å². The highest BCUT2D eigenvalue weighted by atomic mass is 32.2. The third-order valence-corrected chi connectivity index (χ3v) is 6.95. The van der Waals surface area contributed by atoms with Crippen molar-refractivity contribution in [2.45, 2.75) is 57.3 Å². The van der Waals surface area contributed by atoms with Crippen molar-refractivity contribution in [1.82, 2.24) is 9.80 Å². The quantitative estimate of drug-likeness (QED) is 0.731. The van der Waals surface area contributed by atoms with Gasteiger partial charge in [-0.1, -0.05) is 30.5 Å². The molecule has 0 spiro atoms. The van der Waals surface area contributed by atoms with Crippen LogP contribution >= 0.6 is 11.8 Å². The Morgan fingerprint density at radius 1 is 0.963 bits per heavy atom. The fraction of sp³-hybridized carbons (Fsp3) is 0.636. The molecule has 2 heterocycles. The van der Waals surface area contributed by atoms with Crippen molar-refractivity contribution in [2.75, 3.05) is 31.9 Å². The van der Waals surface area contributed by atoms with E-state index < -0.39 is 0 Å². The zero-order chi connectivity index (χ0) is 19.2. The molecule has 0 atom stereocenters. The highest BCUT2D eigenvalue weighted by Gasteiger charge is 2.30. The summed E-state index contributed by atoms with van der Waals surface area (Å²) in [6.45, 7) is 7.45. The highest BCUT2D eigenvalue weighted by Crippen LogP contribution is 2.26. The van der Waals surface area contributed by atoms with Crippen LogP contribution in [0.25, 0.3) is 0 Å². The van der Waals surface area contributed by atoms with Crippen molar-refractivity contribution in [3.63, 3.8) is 0 Å². The third kappa shape index (κ3) is 5.50. The summed E-state index contributed by atoms with van der Waals surface area (Å²) in [6.07, 6.45) is 6.39. The second-order valence-corrected chi connectivity index (χ2v) is 8.97. The maximum absolute atomic E-state index is 12.8. The van der Waals surface area contributed by atoms with Gasteiger partial charge in [0.05, 0.1) is 5.75 Å². The molecule has 1 aromatic carbocycles. The van der Waals surface area contributed by atoms with Crippen molar-refractivity contribution in [3.05, 3.63) is 29.3 Å². The van der Waals surface area contributed by atoms with Crippen molar-refractivity contribution in [2.24, 2.45) is 5.92 Å². The van der Waals surface area contributed by atoms with Gasteiger partial charge in [-0.05, 0) is 51.2 Å². The molecule has 0 N–H and O–H groups in total. The monoisotopic (exact) mass is 388 g/mol. The summed E-state index contributed by atoms with van der Waals surface area (Å²) in [5, 5.41) is 0. The standard InChI is InChI=1S/C22H32N2O2S/c1-17-7-8-18(2)20(15-17)27-16-21(25)23-13-9-19(10-14-23)22(26)24-11-5-3-4-6-12-24/h7-8,15,19H,3-6,9-14,16H2,1-2H3. The molecule has 0 aromatic heterocycles. The SMILES string of the molecule is Cc1ccc(C)c(SCC(=O)N2CCC(C(=O)N3CCCCCC3)CC2)c1. The number of benzene rings is 1. The molecule has 3 rings (SSSR count). The molecule has 0 radical (unpaired) electrons. The molecule has 4 nitrogen and oxygen atoms in total. The number of nitrogens with zero attached hydrogens (tertiary/aromatic N) is 2. The number of hydrogen-bond acceptors (Lipinski definition) is 3. The van der Waals surface area contributed by atoms with Crippen LogP contribution in [0.15, 0.2) is 23.1 Å². The number of rotatable bonds is 4. The molecule has 2 amide bonds. The Morgan fingerprint density at radius 2 is 1.63 bits per heavy atom. The van der Waals surface area contributed by atoms with Gasteiger partial charge in [-0.3, -0.25) is 9.59 Å². The van der Waals surface area contributed by atoms with Crippen LogP contribution < -0.4 is 0 Å². The maximum atomic E-state index is 12.8. The average Bonchev–Trinajstić information content (AvgIpc) is 2.97. The van der Waals surface area contributed by atoms with E-state index in [4.69, 9.17) is 0 Å². The maximum Gasteiger partial charge on any atom is 0.232 e. The lowest BCUT2D eigenvalue weighted by Gasteiger charge is -2.34. The first-order valence-electron chi connectivity index (χ1n) is 10.3. The molecule has 2 fully saturated rings. The minimum Gasteiger partial charge on any atom is -0.342 e. The third-order valence-electron chi connectivity index (χ3n) is 5.81. The average molecular weight is 389 g/mol. The van der Waals surface area contributed by atoms with Gasteiger partial charge in [0.1, 0.15) is 0 Å². The predicted molar refractivity (Wildman–Crippen MR) is 111 cm³/mol. The van der Waals surface area contributed by atoms with Gasteiger partial charge in [0.2, 0.25) is 11.8 Å². The fourth-order valence-corrected chi connectivity index (χ4v) is 5.05. The van der Waals surface area contributed by atoms with Crippen LogP contribution in [0.3, 0.4) is 0 Å². The molecule has 27 heavy (non-hydrogen) atoms. The summed E-state index contributed by atoms with van der Waals surface area (Å²) in [5.74, 6) is 1.11. The minimum absolute atomic E-state index is 0.110. The minimum atomic E-state index is 0.110. The second-order valence-electron chi connectivity index (χ2n) is 7.95. The molecule has 1 aromatic rings. The molecule has 2 saturated heterocycles. The second kappa shape index (κ2) is 9.63. The number of hydrogen-bond donors (Lipinski definition) is 0. The molecule has 0 unspecified atom stereocenters. The predicted octanol–water partition coefficient (Wildman–Crippen LogP) is 4.04. The van der Waals surface area contributed by atoms with Crippen LogP contribution in [-0.2, 0) is 9.59 Å². The fourth-order valence-electron chi connectivity index (χ4n) is 4.02. The van der Waals surface area contributed by atoms with Gasteiger partial charge in [-0.15, -0.1) is 11.8 Å². The molecule has 0 aliphatic carbocycles. The van der Waals surface area contributed by atoms with Gasteiger partial charge in [-0.25, -0.2) is 0 Å². The largest absolute Gasteiger partial charge is 0.342 e. The summed E-state index contributed by atoms with van der Waals surface area (Å²) in [5.41, 5.74) is 2.45. The van der Waals surface area contributed by atoms with E-state index in [1.807, 2.05) is 4.90 Å². The van der Waals surface area contributed by atoms with E-state index in [1.54, 1.807) is 11.8 Å². The lowest BCUT2D eigenvalue weighted by atomic mass is 9.95. The topological polar surface area (TPSA) is 40.6 Å². The lowest BCUT2D eigenvalue weighted by molar-refractivity contribution is -0.139. The molecule has 5 heteroatoms. The first-order chi connectivity index (χ1) is 13.0. The number of carbonyl (C=O) groups excluding carboxylic acids is 2. The van der Waals surface area contributed by atoms with Crippen molar-refractivity contribution >= 4 is 23.6 Å². The zero-order valence-corrected chi connectivity index (χ0v) is 17.5. The number of piperidine rings is 1. The normalized spacial score (nSPS) is 19.0. The number of carbonyl (C=O) groups is 2. The van der Waals surface area contributed by atoms with Gasteiger partial charge < -0.3 is 9.80 Å². The zero-order valence-electron chi connectivity index (χ0n) is 16.7. The van der Waals surface area contributed by atoms with E-state index in [-0.39, 0.29) is 11.8 Å². The van der Waals surface area contributed by atoms with Gasteiger partial charge in [0.15, 0.2) is 0 Å². The molecule has 2 aliphatic rings. The Labute approximate surface area is 167 Å². The summed E-state index contributed by atoms with van der Waals surface area (Å²) in [6, 6.07) is 6.37. The molecule has 148 valence electrons. The van der Waals surface area contributed by atoms with Crippen LogP contribution in [0, 0.1) is 19.8 Å². The number of likely N-dealkylation sites (tertiary alicyclic amines) is 2. The first kappa shape index (κ1) is 20.2. The van der Waals surface area contributed by atoms with E-state index in [1.165, 1.54) is 28.9 Å². The Hall–Kier alpha value is -1.49. The van der Waals surface area contributed by atoms with E-state index in [9.17, 15) is 9.59 Å². The summed E-state index contributed by atoms with van der Waals surface area (Å²) in [4.78, 5) is 30.6. The number of aryl methyl sites for hydroxylation is 2. The van der Waals surface area contributed by atoms with E-state index in [0.717, 1.165) is 51.9 Å². The Kier molecular flexibility index (Phi) is 7.22. The molecule has 2 aliphatic heterocycles. The lowest BCUT2D eigenvalue weighted by Crippen LogP contribution is -2.45. The number of thioether (sulfide) groups is 1. The summed E-state index contributed by atoms with van der Waals surface area (Å²) < 4.78 is 0. The van der Waals surface area contributed by atoms with Crippen LogP contribution in [0.5, 0.6) is 0 Å². The summed E-state index contributed by atoms with van der Waals surface area (Å²) in [7, 11) is 0. The van der Waals surface area contributed by atoms with E-state index in [0.29, 0.717) is 11.7 Å². The van der Waals surface area contributed by atoms with E-state index in [2.05, 4.69) is 36.9 Å². The Balaban J connectivity index is 1.46. The number of amides is 2. The molecule has 0 bridgehead atoms. The van der Waals surface area contributed by atoms with E-state index >= 15 is 0 Å². The van der Waals surface area contributed by atoms with Crippen molar-refractivity contribution in [1.29, 1.82) is 0 Å². The molecular weight excluding hydrogens is 356 g/mol. The van der Waals surface area contributed by atoms with Gasteiger partial charge in [-0.2, -0.15) is 0 Å².